The lowest BCUT2D eigenvalue weighted by Crippen LogP contribution is -1.97. The van der Waals surface area contributed by atoms with Crippen molar-refractivity contribution in [2.45, 2.75) is 0 Å². The summed E-state index contributed by atoms with van der Waals surface area (Å²) in [6.07, 6.45) is 4.34. The lowest BCUT2D eigenvalue weighted by molar-refractivity contribution is -0.135. The summed E-state index contributed by atoms with van der Waals surface area (Å²) >= 11 is 0. The first kappa shape index (κ1) is 10.1. The van der Waals surface area contributed by atoms with Gasteiger partial charge in [-0.15, -0.1) is 0 Å². The van der Waals surface area contributed by atoms with E-state index in [0.717, 1.165) is 6.08 Å². The van der Waals surface area contributed by atoms with Crippen LogP contribution in [0.25, 0.3) is 0 Å². The third kappa shape index (κ3) is 8.13. The quantitative estimate of drug-likeness (QED) is 0.521. The van der Waals surface area contributed by atoms with Gasteiger partial charge in [0.25, 0.3) is 0 Å². The van der Waals surface area contributed by atoms with Crippen LogP contribution >= 0.6 is 0 Å². The smallest absolute Gasteiger partial charge is 0.326 e. The number of rotatable bonds is 2. The Kier molecular flexibility index (Phi) is 6.11. The van der Waals surface area contributed by atoms with Crippen molar-refractivity contribution in [3.05, 3.63) is 24.7 Å². The fourth-order valence-corrected chi connectivity index (χ4v) is 0.327. The number of hydrogen-bond donors (Lipinski definition) is 1. The second kappa shape index (κ2) is 7.24. The van der Waals surface area contributed by atoms with Gasteiger partial charge >= 0.3 is 5.97 Å². The number of furan rings is 1. The Bertz CT molecular complexity index is 231. The molecule has 0 aliphatic heterocycles. The number of carboxylic acids is 1. The normalized spacial score (nSPS) is 7.33. The van der Waals surface area contributed by atoms with E-state index in [2.05, 4.69) is 9.41 Å². The fraction of sp³-hybridized carbons (Fsp3) is 0.143. The predicted molar refractivity (Wildman–Crippen MR) is 39.3 cm³/mol. The van der Waals surface area contributed by atoms with Gasteiger partial charge in [-0.2, -0.15) is 4.99 Å². The van der Waals surface area contributed by atoms with E-state index in [9.17, 15) is 4.79 Å². The summed E-state index contributed by atoms with van der Waals surface area (Å²) in [5.41, 5.74) is 0. The molecule has 0 aliphatic carbocycles. The van der Waals surface area contributed by atoms with Crippen LogP contribution in [0, 0.1) is 0 Å². The number of hydrogen-bond acceptors (Lipinski definition) is 4. The number of carboxylic acid groups (broad SMARTS) is 1. The molecule has 5 heteroatoms. The van der Waals surface area contributed by atoms with E-state index in [4.69, 9.17) is 9.90 Å². The minimum atomic E-state index is -1.12. The molecule has 12 heavy (non-hydrogen) atoms. The number of isocyanates is 1. The molecule has 0 spiro atoms. The molecule has 0 aliphatic rings. The Morgan fingerprint density at radius 2 is 2.08 bits per heavy atom. The maximum atomic E-state index is 9.49. The molecule has 0 unspecified atom stereocenters. The fourth-order valence-electron chi connectivity index (χ4n) is 0.327. The first-order valence-corrected chi connectivity index (χ1v) is 3.00. The van der Waals surface area contributed by atoms with Crippen molar-refractivity contribution in [3.63, 3.8) is 0 Å². The Balaban J connectivity index is 0.000000211. The van der Waals surface area contributed by atoms with E-state index in [1.165, 1.54) is 0 Å². The monoisotopic (exact) mass is 169 g/mol. The van der Waals surface area contributed by atoms with Gasteiger partial charge in [0, 0.05) is 0 Å². The number of carbonyl (C=O) groups is 1. The highest BCUT2D eigenvalue weighted by atomic mass is 16.4. The zero-order valence-electron chi connectivity index (χ0n) is 6.14. The molecule has 1 heterocycles. The maximum absolute atomic E-state index is 9.49. The van der Waals surface area contributed by atoms with Crippen LogP contribution in [0.15, 0.2) is 34.1 Å². The number of nitrogens with zero attached hydrogens (tertiary/aromatic N) is 1. The Hall–Kier alpha value is -1.87. The van der Waals surface area contributed by atoms with Gasteiger partial charge in [-0.25, -0.2) is 4.79 Å². The van der Waals surface area contributed by atoms with Gasteiger partial charge in [-0.05, 0) is 12.1 Å². The predicted octanol–water partition coefficient (Wildman–Crippen LogP) is 0.686. The van der Waals surface area contributed by atoms with E-state index in [1.54, 1.807) is 12.5 Å². The highest BCUT2D eigenvalue weighted by Gasteiger charge is 1.87. The van der Waals surface area contributed by atoms with Gasteiger partial charge in [-0.3, -0.25) is 4.79 Å². The van der Waals surface area contributed by atoms with E-state index in [-0.39, 0.29) is 0 Å². The summed E-state index contributed by atoms with van der Waals surface area (Å²) in [5.74, 6) is -1.12. The molecule has 0 bridgehead atoms. The van der Waals surface area contributed by atoms with Gasteiger partial charge in [0.2, 0.25) is 6.08 Å². The third-order valence-corrected chi connectivity index (χ3v) is 0.704. The molecule has 1 rings (SSSR count). The SMILES string of the molecule is O=C=NCC(=O)O.c1ccoc1. The Morgan fingerprint density at radius 1 is 1.50 bits per heavy atom. The molecular formula is C7H7NO4. The third-order valence-electron chi connectivity index (χ3n) is 0.704. The summed E-state index contributed by atoms with van der Waals surface area (Å²) in [4.78, 5) is 21.4. The molecule has 0 fully saturated rings. The first-order chi connectivity index (χ1) is 5.77. The van der Waals surface area contributed by atoms with Gasteiger partial charge in [0.15, 0.2) is 0 Å². The standard InChI is InChI=1S/C4H4O.C3H3NO3/c1-2-4-5-3-1;5-2-4-1-3(6)7/h1-4H;1H2,(H,6,7). The minimum Gasteiger partial charge on any atom is -0.480 e. The maximum Gasteiger partial charge on any atom is 0.326 e. The number of aliphatic carboxylic acids is 1. The van der Waals surface area contributed by atoms with Crippen LogP contribution in [0.4, 0.5) is 0 Å². The zero-order valence-corrected chi connectivity index (χ0v) is 6.14. The summed E-state index contributed by atoms with van der Waals surface area (Å²) in [7, 11) is 0. The molecule has 1 aromatic heterocycles. The molecule has 0 atom stereocenters. The lowest BCUT2D eigenvalue weighted by Gasteiger charge is -1.73. The average molecular weight is 169 g/mol. The average Bonchev–Trinajstić information content (AvgIpc) is 2.57. The molecule has 0 saturated heterocycles. The zero-order chi connectivity index (χ0) is 9.23. The Labute approximate surface area is 68.3 Å². The molecule has 0 radical (unpaired) electrons. The summed E-state index contributed by atoms with van der Waals surface area (Å²) in [5, 5.41) is 7.77. The number of carbonyl (C=O) groups excluding carboxylic acids is 1. The van der Waals surface area contributed by atoms with Crippen LogP contribution in [-0.4, -0.2) is 23.7 Å². The van der Waals surface area contributed by atoms with Crippen molar-refractivity contribution >= 4 is 12.0 Å². The van der Waals surface area contributed by atoms with Gasteiger partial charge in [0.1, 0.15) is 6.54 Å². The topological polar surface area (TPSA) is 79.9 Å². The molecule has 0 aromatic carbocycles. The molecular weight excluding hydrogens is 162 g/mol. The lowest BCUT2D eigenvalue weighted by atomic mass is 10.7. The van der Waals surface area contributed by atoms with E-state index in [1.807, 2.05) is 12.1 Å². The molecule has 0 saturated carbocycles. The van der Waals surface area contributed by atoms with E-state index < -0.39 is 12.5 Å². The summed E-state index contributed by atoms with van der Waals surface area (Å²) < 4.78 is 4.58. The van der Waals surface area contributed by atoms with Crippen LogP contribution < -0.4 is 0 Å². The van der Waals surface area contributed by atoms with Crippen LogP contribution in [0.3, 0.4) is 0 Å². The van der Waals surface area contributed by atoms with E-state index >= 15 is 0 Å². The number of aliphatic imine (C=N–C) groups is 1. The van der Waals surface area contributed by atoms with Crippen molar-refractivity contribution in [1.29, 1.82) is 0 Å². The van der Waals surface area contributed by atoms with Gasteiger partial charge < -0.3 is 9.52 Å². The first-order valence-electron chi connectivity index (χ1n) is 3.00. The van der Waals surface area contributed by atoms with Crippen LogP contribution in [0.2, 0.25) is 0 Å². The molecule has 1 aromatic rings. The van der Waals surface area contributed by atoms with Crippen molar-refractivity contribution in [2.24, 2.45) is 4.99 Å². The molecule has 0 amide bonds. The highest BCUT2D eigenvalue weighted by Crippen LogP contribution is 1.79. The van der Waals surface area contributed by atoms with Crippen molar-refractivity contribution in [1.82, 2.24) is 0 Å². The second-order valence-electron chi connectivity index (χ2n) is 1.59. The van der Waals surface area contributed by atoms with Crippen LogP contribution in [-0.2, 0) is 9.59 Å². The molecule has 5 nitrogen and oxygen atoms in total. The van der Waals surface area contributed by atoms with Gasteiger partial charge in [0.05, 0.1) is 12.5 Å². The van der Waals surface area contributed by atoms with Gasteiger partial charge in [-0.1, -0.05) is 0 Å². The summed E-state index contributed by atoms with van der Waals surface area (Å²) in [6.45, 7) is -0.483. The van der Waals surface area contributed by atoms with Crippen LogP contribution in [0.5, 0.6) is 0 Å². The minimum absolute atomic E-state index is 0.483. The van der Waals surface area contributed by atoms with Crippen molar-refractivity contribution in [3.8, 4) is 0 Å². The second-order valence-corrected chi connectivity index (χ2v) is 1.59. The largest absolute Gasteiger partial charge is 0.480 e. The Morgan fingerprint density at radius 3 is 2.25 bits per heavy atom. The van der Waals surface area contributed by atoms with Crippen LogP contribution in [0.1, 0.15) is 0 Å². The highest BCUT2D eigenvalue weighted by molar-refractivity contribution is 5.70. The molecule has 64 valence electrons. The van der Waals surface area contributed by atoms with Crippen molar-refractivity contribution in [2.75, 3.05) is 6.54 Å². The molecule has 1 N–H and O–H groups in total. The van der Waals surface area contributed by atoms with E-state index in [0.29, 0.717) is 0 Å². The van der Waals surface area contributed by atoms with Crippen molar-refractivity contribution < 1.29 is 19.1 Å². The summed E-state index contributed by atoms with van der Waals surface area (Å²) in [6, 6.07) is 3.67.